The molecule has 0 aromatic carbocycles. The van der Waals surface area contributed by atoms with Gasteiger partial charge in [-0.2, -0.15) is 10.2 Å². The van der Waals surface area contributed by atoms with E-state index in [0.29, 0.717) is 19.1 Å². The summed E-state index contributed by atoms with van der Waals surface area (Å²) in [5, 5.41) is 8.52. The van der Waals surface area contributed by atoms with Gasteiger partial charge in [-0.15, -0.1) is 0 Å². The molecule has 7 heteroatoms. The smallest absolute Gasteiger partial charge is 0.236 e. The molecule has 1 aliphatic heterocycles. The molecule has 1 atom stereocenters. The molecule has 7 nitrogen and oxygen atoms in total. The number of hydrogen-bond acceptors (Lipinski definition) is 4. The van der Waals surface area contributed by atoms with Gasteiger partial charge in [0.05, 0.1) is 25.5 Å². The molecule has 3 rings (SSSR count). The Morgan fingerprint density at radius 2 is 2.17 bits per heavy atom. The Hall–Kier alpha value is -2.15. The molecule has 3 heterocycles. The number of rotatable bonds is 6. The summed E-state index contributed by atoms with van der Waals surface area (Å²) in [7, 11) is 3.74. The topological polar surface area (TPSA) is 59.2 Å². The van der Waals surface area contributed by atoms with Gasteiger partial charge in [-0.25, -0.2) is 0 Å². The normalized spacial score (nSPS) is 18.2. The van der Waals surface area contributed by atoms with Gasteiger partial charge in [0.2, 0.25) is 5.91 Å². The largest absolute Gasteiger partial charge is 0.340 e. The van der Waals surface area contributed by atoms with Gasteiger partial charge in [0.1, 0.15) is 0 Å². The molecular weight excluding hydrogens is 304 g/mol. The molecule has 0 spiro atoms. The number of likely N-dealkylation sites (N-methyl/N-ethyl adjacent to an activating group) is 1. The van der Waals surface area contributed by atoms with Crippen LogP contribution in [0.5, 0.6) is 0 Å². The van der Waals surface area contributed by atoms with E-state index in [0.717, 1.165) is 31.5 Å². The first kappa shape index (κ1) is 16.7. The van der Waals surface area contributed by atoms with E-state index in [1.54, 1.807) is 9.58 Å². The zero-order valence-electron chi connectivity index (χ0n) is 14.7. The van der Waals surface area contributed by atoms with Crippen LogP contribution in [0, 0.1) is 6.92 Å². The Morgan fingerprint density at radius 1 is 1.33 bits per heavy atom. The maximum atomic E-state index is 12.5. The summed E-state index contributed by atoms with van der Waals surface area (Å²) in [6, 6.07) is 0.389. The van der Waals surface area contributed by atoms with Crippen LogP contribution in [0.25, 0.3) is 0 Å². The van der Waals surface area contributed by atoms with Gasteiger partial charge in [-0.3, -0.25) is 19.1 Å². The van der Waals surface area contributed by atoms with Gasteiger partial charge in [0.15, 0.2) is 0 Å². The van der Waals surface area contributed by atoms with Crippen LogP contribution in [-0.2, 0) is 24.9 Å². The highest BCUT2D eigenvalue weighted by Crippen LogP contribution is 2.19. The Morgan fingerprint density at radius 3 is 2.83 bits per heavy atom. The molecule has 1 fully saturated rings. The summed E-state index contributed by atoms with van der Waals surface area (Å²) in [4.78, 5) is 16.6. The summed E-state index contributed by atoms with van der Waals surface area (Å²) >= 11 is 0. The zero-order chi connectivity index (χ0) is 17.1. The fourth-order valence-corrected chi connectivity index (χ4v) is 3.30. The minimum atomic E-state index is 0.155. The van der Waals surface area contributed by atoms with Crippen molar-refractivity contribution in [2.24, 2.45) is 7.05 Å². The van der Waals surface area contributed by atoms with Crippen LogP contribution >= 0.6 is 0 Å². The predicted molar refractivity (Wildman–Crippen MR) is 91.2 cm³/mol. The van der Waals surface area contributed by atoms with E-state index >= 15 is 0 Å². The highest BCUT2D eigenvalue weighted by atomic mass is 16.2. The molecule has 0 aliphatic carbocycles. The predicted octanol–water partition coefficient (Wildman–Crippen LogP) is 1.05. The van der Waals surface area contributed by atoms with Gasteiger partial charge >= 0.3 is 0 Å². The molecule has 24 heavy (non-hydrogen) atoms. The average Bonchev–Trinajstić information content (AvgIpc) is 3.24. The molecular formula is C17H26N6O. The van der Waals surface area contributed by atoms with Gasteiger partial charge in [0, 0.05) is 44.6 Å². The van der Waals surface area contributed by atoms with Crippen molar-refractivity contribution in [2.75, 3.05) is 20.1 Å². The maximum absolute atomic E-state index is 12.5. The maximum Gasteiger partial charge on any atom is 0.236 e. The second-order valence-electron chi connectivity index (χ2n) is 6.78. The van der Waals surface area contributed by atoms with Crippen LogP contribution in [0.15, 0.2) is 24.8 Å². The summed E-state index contributed by atoms with van der Waals surface area (Å²) in [6.45, 7) is 4.96. The molecule has 0 N–H and O–H groups in total. The summed E-state index contributed by atoms with van der Waals surface area (Å²) in [5.74, 6) is 0.155. The second-order valence-corrected chi connectivity index (χ2v) is 6.78. The Labute approximate surface area is 142 Å². The Balaban J connectivity index is 1.54. The van der Waals surface area contributed by atoms with Crippen LogP contribution in [0.2, 0.25) is 0 Å². The lowest BCUT2D eigenvalue weighted by molar-refractivity contribution is -0.131. The van der Waals surface area contributed by atoms with Crippen molar-refractivity contribution in [2.45, 2.75) is 38.9 Å². The van der Waals surface area contributed by atoms with E-state index in [9.17, 15) is 4.79 Å². The highest BCUT2D eigenvalue weighted by molar-refractivity contribution is 5.78. The standard InChI is InChI=1S/C17H26N6O/c1-14-7-19-23(9-14)12-16-5-4-6-22(16)13-17(24)20(2)10-15-8-18-21(3)11-15/h7-9,11,16H,4-6,10,12-13H2,1-3H3/t16-/m1/s1. The van der Waals surface area contributed by atoms with Crippen LogP contribution in [0.1, 0.15) is 24.0 Å². The summed E-state index contributed by atoms with van der Waals surface area (Å²) in [5.41, 5.74) is 2.23. The first-order chi connectivity index (χ1) is 11.5. The van der Waals surface area contributed by atoms with Crippen LogP contribution < -0.4 is 0 Å². The lowest BCUT2D eigenvalue weighted by Gasteiger charge is -2.26. The number of carbonyl (C=O) groups is 1. The molecule has 1 aliphatic rings. The number of amides is 1. The van der Waals surface area contributed by atoms with E-state index in [2.05, 4.69) is 21.3 Å². The average molecular weight is 330 g/mol. The number of aryl methyl sites for hydroxylation is 2. The summed E-state index contributed by atoms with van der Waals surface area (Å²) in [6.07, 6.45) is 9.97. The van der Waals surface area contributed by atoms with E-state index in [1.807, 2.05) is 44.3 Å². The van der Waals surface area contributed by atoms with Crippen molar-refractivity contribution in [3.05, 3.63) is 35.9 Å². The highest BCUT2D eigenvalue weighted by Gasteiger charge is 2.27. The summed E-state index contributed by atoms with van der Waals surface area (Å²) < 4.78 is 3.75. The molecule has 1 saturated heterocycles. The number of nitrogens with zero attached hydrogens (tertiary/aromatic N) is 6. The second kappa shape index (κ2) is 7.17. The fraction of sp³-hybridized carbons (Fsp3) is 0.588. The molecule has 0 radical (unpaired) electrons. The molecule has 2 aromatic rings. The first-order valence-corrected chi connectivity index (χ1v) is 8.46. The molecule has 0 saturated carbocycles. The van der Waals surface area contributed by atoms with E-state index in [4.69, 9.17) is 0 Å². The number of carbonyl (C=O) groups excluding carboxylic acids is 1. The van der Waals surface area contributed by atoms with Gasteiger partial charge < -0.3 is 4.90 Å². The van der Waals surface area contributed by atoms with Crippen molar-refractivity contribution < 1.29 is 4.79 Å². The lowest BCUT2D eigenvalue weighted by atomic mass is 10.2. The van der Waals surface area contributed by atoms with Crippen molar-refractivity contribution >= 4 is 5.91 Å². The molecule has 2 aromatic heterocycles. The van der Waals surface area contributed by atoms with Crippen LogP contribution in [0.4, 0.5) is 0 Å². The third kappa shape index (κ3) is 4.03. The van der Waals surface area contributed by atoms with Crippen molar-refractivity contribution in [3.8, 4) is 0 Å². The molecule has 0 unspecified atom stereocenters. The minimum Gasteiger partial charge on any atom is -0.340 e. The fourth-order valence-electron chi connectivity index (χ4n) is 3.30. The van der Waals surface area contributed by atoms with E-state index in [1.165, 1.54) is 5.56 Å². The minimum absolute atomic E-state index is 0.155. The van der Waals surface area contributed by atoms with Crippen molar-refractivity contribution in [3.63, 3.8) is 0 Å². The van der Waals surface area contributed by atoms with Crippen LogP contribution in [-0.4, -0.2) is 61.4 Å². The van der Waals surface area contributed by atoms with Gasteiger partial charge in [0.25, 0.3) is 0 Å². The van der Waals surface area contributed by atoms with E-state index < -0.39 is 0 Å². The first-order valence-electron chi connectivity index (χ1n) is 8.46. The monoisotopic (exact) mass is 330 g/mol. The zero-order valence-corrected chi connectivity index (χ0v) is 14.7. The van der Waals surface area contributed by atoms with Gasteiger partial charge in [-0.05, 0) is 31.9 Å². The lowest BCUT2D eigenvalue weighted by Crippen LogP contribution is -2.41. The van der Waals surface area contributed by atoms with E-state index in [-0.39, 0.29) is 5.91 Å². The Bertz CT molecular complexity index is 691. The quantitative estimate of drug-likeness (QED) is 0.794. The molecule has 130 valence electrons. The third-order valence-electron chi connectivity index (χ3n) is 4.60. The number of hydrogen-bond donors (Lipinski definition) is 0. The number of aromatic nitrogens is 4. The molecule has 0 bridgehead atoms. The van der Waals surface area contributed by atoms with Gasteiger partial charge in [-0.1, -0.05) is 0 Å². The third-order valence-corrected chi connectivity index (χ3v) is 4.60. The van der Waals surface area contributed by atoms with Crippen LogP contribution in [0.3, 0.4) is 0 Å². The van der Waals surface area contributed by atoms with Crippen molar-refractivity contribution in [1.29, 1.82) is 0 Å². The number of likely N-dealkylation sites (tertiary alicyclic amines) is 1. The Kier molecular flexibility index (Phi) is 4.99. The van der Waals surface area contributed by atoms with Crippen molar-refractivity contribution in [1.82, 2.24) is 29.4 Å². The molecule has 1 amide bonds. The SMILES string of the molecule is Cc1cnn(C[C@H]2CCCN2CC(=O)N(C)Cc2cnn(C)c2)c1.